The normalized spacial score (nSPS) is 16.0. The van der Waals surface area contributed by atoms with Crippen molar-refractivity contribution in [1.29, 1.82) is 0 Å². The van der Waals surface area contributed by atoms with Crippen molar-refractivity contribution in [3.8, 4) is 0 Å². The average molecular weight is 404 g/mol. The Morgan fingerprint density at radius 1 is 0.893 bits per heavy atom. The molecule has 4 rings (SSSR count). The van der Waals surface area contributed by atoms with Crippen molar-refractivity contribution in [1.82, 2.24) is 13.4 Å². The van der Waals surface area contributed by atoms with E-state index in [9.17, 15) is 17.6 Å². The maximum Gasteiger partial charge on any atom is 0.328 e. The van der Waals surface area contributed by atoms with Crippen molar-refractivity contribution in [3.05, 3.63) is 58.8 Å². The standard InChI is InChI=1S/C19H21FN4O3S/c1-21-17-8-7-14(13-18(17)22(2)19(21)25)28(26,27)24-11-9-23(10-12-24)16-6-4-3-5-15(16)20/h3-8,13H,9-12H2,1-2H3. The van der Waals surface area contributed by atoms with Crippen LogP contribution in [0.15, 0.2) is 52.2 Å². The highest BCUT2D eigenvalue weighted by Gasteiger charge is 2.29. The van der Waals surface area contributed by atoms with Crippen molar-refractivity contribution >= 4 is 26.7 Å². The summed E-state index contributed by atoms with van der Waals surface area (Å²) in [5.41, 5.74) is 1.53. The lowest BCUT2D eigenvalue weighted by molar-refractivity contribution is 0.383. The van der Waals surface area contributed by atoms with E-state index in [2.05, 4.69) is 0 Å². The third-order valence-electron chi connectivity index (χ3n) is 5.31. The minimum Gasteiger partial charge on any atom is -0.367 e. The average Bonchev–Trinajstić information content (AvgIpc) is 2.92. The predicted octanol–water partition coefficient (Wildman–Crippen LogP) is 1.53. The van der Waals surface area contributed by atoms with Crippen LogP contribution < -0.4 is 10.6 Å². The first kappa shape index (κ1) is 18.7. The highest BCUT2D eigenvalue weighted by Crippen LogP contribution is 2.25. The Hall–Kier alpha value is -2.65. The zero-order valence-corrected chi connectivity index (χ0v) is 16.5. The van der Waals surface area contributed by atoms with E-state index in [1.807, 2.05) is 4.90 Å². The number of rotatable bonds is 3. The molecule has 3 aromatic rings. The second kappa shape index (κ2) is 6.75. The van der Waals surface area contributed by atoms with Crippen LogP contribution in [0.3, 0.4) is 0 Å². The van der Waals surface area contributed by atoms with Crippen LogP contribution in [-0.2, 0) is 24.1 Å². The molecule has 1 aromatic heterocycles. The van der Waals surface area contributed by atoms with Crippen molar-refractivity contribution in [3.63, 3.8) is 0 Å². The molecule has 28 heavy (non-hydrogen) atoms. The van der Waals surface area contributed by atoms with Gasteiger partial charge in [-0.2, -0.15) is 4.31 Å². The number of aromatic nitrogens is 2. The number of para-hydroxylation sites is 1. The lowest BCUT2D eigenvalue weighted by atomic mass is 10.2. The maximum absolute atomic E-state index is 14.0. The first-order chi connectivity index (χ1) is 13.3. The smallest absolute Gasteiger partial charge is 0.328 e. The number of sulfonamides is 1. The summed E-state index contributed by atoms with van der Waals surface area (Å²) in [5, 5.41) is 0. The highest BCUT2D eigenvalue weighted by molar-refractivity contribution is 7.89. The van der Waals surface area contributed by atoms with Gasteiger partial charge in [-0.3, -0.25) is 9.13 Å². The van der Waals surface area contributed by atoms with Gasteiger partial charge in [0.1, 0.15) is 5.82 Å². The first-order valence-corrected chi connectivity index (χ1v) is 10.4. The molecule has 0 radical (unpaired) electrons. The molecule has 2 heterocycles. The summed E-state index contributed by atoms with van der Waals surface area (Å²) >= 11 is 0. The van der Waals surface area contributed by atoms with E-state index in [-0.39, 0.29) is 29.5 Å². The Morgan fingerprint density at radius 3 is 2.21 bits per heavy atom. The van der Waals surface area contributed by atoms with E-state index < -0.39 is 10.0 Å². The molecular weight excluding hydrogens is 383 g/mol. The molecule has 7 nitrogen and oxygen atoms in total. The van der Waals surface area contributed by atoms with E-state index in [0.29, 0.717) is 29.8 Å². The molecule has 1 fully saturated rings. The van der Waals surface area contributed by atoms with E-state index in [1.54, 1.807) is 38.4 Å². The van der Waals surface area contributed by atoms with Crippen LogP contribution in [0.25, 0.3) is 11.0 Å². The second-order valence-corrected chi connectivity index (χ2v) is 8.83. The summed E-state index contributed by atoms with van der Waals surface area (Å²) in [4.78, 5) is 14.1. The van der Waals surface area contributed by atoms with Gasteiger partial charge in [-0.05, 0) is 30.3 Å². The van der Waals surface area contributed by atoms with Crippen LogP contribution in [0.5, 0.6) is 0 Å². The van der Waals surface area contributed by atoms with Gasteiger partial charge in [0.2, 0.25) is 10.0 Å². The topological polar surface area (TPSA) is 67.5 Å². The van der Waals surface area contributed by atoms with Crippen LogP contribution in [0, 0.1) is 5.82 Å². The molecule has 0 amide bonds. The monoisotopic (exact) mass is 404 g/mol. The molecule has 0 aliphatic carbocycles. The van der Waals surface area contributed by atoms with Gasteiger partial charge in [0.25, 0.3) is 0 Å². The molecule has 9 heteroatoms. The van der Waals surface area contributed by atoms with Crippen LogP contribution in [-0.4, -0.2) is 48.0 Å². The van der Waals surface area contributed by atoms with Gasteiger partial charge >= 0.3 is 5.69 Å². The molecule has 2 aromatic carbocycles. The third-order valence-corrected chi connectivity index (χ3v) is 7.21. The van der Waals surface area contributed by atoms with Crippen LogP contribution in [0.1, 0.15) is 0 Å². The quantitative estimate of drug-likeness (QED) is 0.664. The number of nitrogens with zero attached hydrogens (tertiary/aromatic N) is 4. The van der Waals surface area contributed by atoms with E-state index in [1.165, 1.54) is 31.6 Å². The van der Waals surface area contributed by atoms with Gasteiger partial charge in [0.15, 0.2) is 0 Å². The molecule has 1 aliphatic heterocycles. The Bertz CT molecular complexity index is 1210. The number of piperazine rings is 1. The number of aryl methyl sites for hydroxylation is 2. The molecule has 148 valence electrons. The largest absolute Gasteiger partial charge is 0.367 e. The fourth-order valence-corrected chi connectivity index (χ4v) is 5.12. The Labute approximate surface area is 162 Å². The lowest BCUT2D eigenvalue weighted by Gasteiger charge is -2.35. The molecule has 1 saturated heterocycles. The molecule has 1 aliphatic rings. The van der Waals surface area contributed by atoms with E-state index >= 15 is 0 Å². The number of hydrogen-bond acceptors (Lipinski definition) is 4. The van der Waals surface area contributed by atoms with Crippen LogP contribution >= 0.6 is 0 Å². The van der Waals surface area contributed by atoms with Gasteiger partial charge in [-0.25, -0.2) is 17.6 Å². The Morgan fingerprint density at radius 2 is 1.54 bits per heavy atom. The molecule has 0 spiro atoms. The van der Waals surface area contributed by atoms with E-state index in [4.69, 9.17) is 0 Å². The second-order valence-electron chi connectivity index (χ2n) is 6.89. The summed E-state index contributed by atoms with van der Waals surface area (Å²) < 4.78 is 44.5. The third kappa shape index (κ3) is 2.91. The summed E-state index contributed by atoms with van der Waals surface area (Å²) in [6.45, 7) is 1.35. The minimum absolute atomic E-state index is 0.153. The maximum atomic E-state index is 14.0. The molecule has 0 N–H and O–H groups in total. The van der Waals surface area contributed by atoms with Gasteiger partial charge < -0.3 is 4.90 Å². The summed E-state index contributed by atoms with van der Waals surface area (Å²) in [6, 6.07) is 11.2. The molecule has 0 atom stereocenters. The summed E-state index contributed by atoms with van der Waals surface area (Å²) in [6.07, 6.45) is 0. The van der Waals surface area contributed by atoms with Crippen molar-refractivity contribution in [2.45, 2.75) is 4.90 Å². The molecule has 0 unspecified atom stereocenters. The number of halogens is 1. The number of fused-ring (bicyclic) bond motifs is 1. The predicted molar refractivity (Wildman–Crippen MR) is 106 cm³/mol. The van der Waals surface area contributed by atoms with Gasteiger partial charge in [-0.1, -0.05) is 12.1 Å². The molecular formula is C19H21FN4O3S. The molecule has 0 bridgehead atoms. The van der Waals surface area contributed by atoms with E-state index in [0.717, 1.165) is 0 Å². The summed E-state index contributed by atoms with van der Waals surface area (Å²) in [7, 11) is -0.428. The number of benzene rings is 2. The minimum atomic E-state index is -3.70. The molecule has 0 saturated carbocycles. The fourth-order valence-electron chi connectivity index (χ4n) is 3.67. The SMILES string of the molecule is Cn1c(=O)n(C)c2cc(S(=O)(=O)N3CCN(c4ccccc4F)CC3)ccc21. The number of hydrogen-bond donors (Lipinski definition) is 0. The fraction of sp³-hybridized carbons (Fsp3) is 0.316. The summed E-state index contributed by atoms with van der Waals surface area (Å²) in [5.74, 6) is -0.311. The van der Waals surface area contributed by atoms with Gasteiger partial charge in [0.05, 0.1) is 21.6 Å². The van der Waals surface area contributed by atoms with Gasteiger partial charge in [-0.15, -0.1) is 0 Å². The first-order valence-electron chi connectivity index (χ1n) is 8.96. The Kier molecular flexibility index (Phi) is 4.51. The van der Waals surface area contributed by atoms with Crippen LogP contribution in [0.4, 0.5) is 10.1 Å². The van der Waals surface area contributed by atoms with Crippen LogP contribution in [0.2, 0.25) is 0 Å². The Balaban J connectivity index is 1.60. The highest BCUT2D eigenvalue weighted by atomic mass is 32.2. The zero-order chi connectivity index (χ0) is 20.1. The van der Waals surface area contributed by atoms with Crippen molar-refractivity contribution in [2.75, 3.05) is 31.1 Å². The number of imidazole rings is 1. The lowest BCUT2D eigenvalue weighted by Crippen LogP contribution is -2.48. The zero-order valence-electron chi connectivity index (χ0n) is 15.7. The van der Waals surface area contributed by atoms with Crippen molar-refractivity contribution in [2.24, 2.45) is 14.1 Å². The van der Waals surface area contributed by atoms with Crippen molar-refractivity contribution < 1.29 is 12.8 Å². The number of anilines is 1. The van der Waals surface area contributed by atoms with Gasteiger partial charge in [0, 0.05) is 40.3 Å².